The van der Waals surface area contributed by atoms with E-state index in [4.69, 9.17) is 4.42 Å². The summed E-state index contributed by atoms with van der Waals surface area (Å²) in [6.07, 6.45) is -3.63. The van der Waals surface area contributed by atoms with Gasteiger partial charge in [-0.05, 0) is 12.1 Å². The predicted octanol–water partition coefficient (Wildman–Crippen LogP) is 2.47. The number of halogens is 3. The number of furan rings is 1. The summed E-state index contributed by atoms with van der Waals surface area (Å²) < 4.78 is 45.0. The second kappa shape index (κ2) is 5.18. The number of rotatable bonds is 3. The molecule has 0 saturated heterocycles. The third-order valence-corrected chi connectivity index (χ3v) is 3.53. The topological polar surface area (TPSA) is 47.1 Å². The van der Waals surface area contributed by atoms with E-state index in [-0.39, 0.29) is 6.54 Å². The fourth-order valence-corrected chi connectivity index (χ4v) is 2.47. The van der Waals surface area contributed by atoms with E-state index in [1.54, 1.807) is 0 Å². The average molecular weight is 300 g/mol. The molecule has 21 heavy (non-hydrogen) atoms. The minimum Gasteiger partial charge on any atom is -0.465 e. The van der Waals surface area contributed by atoms with Crippen LogP contribution < -0.4 is 0 Å². The standard InChI is InChI=1S/C13H15F3N4O/c1-2-9-3-4-10(21-9)7-19-5-6-20-11(8-19)17-18-12(20)13(14,15)16/h3-4H,2,5-8H2,1H3. The van der Waals surface area contributed by atoms with Crippen LogP contribution in [0, 0.1) is 0 Å². The van der Waals surface area contributed by atoms with Crippen LogP contribution in [0.25, 0.3) is 0 Å². The minimum atomic E-state index is -4.45. The van der Waals surface area contributed by atoms with Gasteiger partial charge in [0.2, 0.25) is 5.82 Å². The molecule has 0 aliphatic carbocycles. The van der Waals surface area contributed by atoms with Crippen molar-refractivity contribution in [3.63, 3.8) is 0 Å². The zero-order valence-corrected chi connectivity index (χ0v) is 11.5. The van der Waals surface area contributed by atoms with Crippen molar-refractivity contribution in [2.45, 2.75) is 39.2 Å². The van der Waals surface area contributed by atoms with Crippen LogP contribution in [0.5, 0.6) is 0 Å². The van der Waals surface area contributed by atoms with Crippen LogP contribution in [0.4, 0.5) is 13.2 Å². The van der Waals surface area contributed by atoms with E-state index < -0.39 is 12.0 Å². The lowest BCUT2D eigenvalue weighted by atomic mass is 10.3. The molecule has 3 heterocycles. The fraction of sp³-hybridized carbons (Fsp3) is 0.538. The number of alkyl halides is 3. The van der Waals surface area contributed by atoms with Gasteiger partial charge in [-0.3, -0.25) is 4.90 Å². The van der Waals surface area contributed by atoms with E-state index in [1.165, 1.54) is 0 Å². The Balaban J connectivity index is 1.72. The van der Waals surface area contributed by atoms with Crippen molar-refractivity contribution in [1.82, 2.24) is 19.7 Å². The molecule has 0 bridgehead atoms. The normalized spacial score (nSPS) is 16.2. The fourth-order valence-electron chi connectivity index (χ4n) is 2.47. The molecule has 2 aromatic heterocycles. The van der Waals surface area contributed by atoms with Crippen molar-refractivity contribution in [1.29, 1.82) is 0 Å². The monoisotopic (exact) mass is 300 g/mol. The summed E-state index contributed by atoms with van der Waals surface area (Å²) in [5.41, 5.74) is 0. The summed E-state index contributed by atoms with van der Waals surface area (Å²) in [6.45, 7) is 3.65. The van der Waals surface area contributed by atoms with Gasteiger partial charge in [0.15, 0.2) is 0 Å². The van der Waals surface area contributed by atoms with Crippen LogP contribution in [0.15, 0.2) is 16.5 Å². The SMILES string of the molecule is CCc1ccc(CN2CCn3c(nnc3C(F)(F)F)C2)o1. The van der Waals surface area contributed by atoms with Crippen LogP contribution in [-0.2, 0) is 32.2 Å². The van der Waals surface area contributed by atoms with E-state index in [1.807, 2.05) is 24.0 Å². The van der Waals surface area contributed by atoms with Crippen LogP contribution in [-0.4, -0.2) is 26.2 Å². The van der Waals surface area contributed by atoms with Gasteiger partial charge in [-0.25, -0.2) is 0 Å². The molecule has 0 spiro atoms. The lowest BCUT2D eigenvalue weighted by Gasteiger charge is -2.27. The van der Waals surface area contributed by atoms with Gasteiger partial charge in [0, 0.05) is 19.5 Å². The highest BCUT2D eigenvalue weighted by Crippen LogP contribution is 2.29. The Morgan fingerprint density at radius 3 is 2.62 bits per heavy atom. The maximum atomic E-state index is 12.7. The van der Waals surface area contributed by atoms with Crippen LogP contribution >= 0.6 is 0 Å². The molecule has 1 aliphatic heterocycles. The maximum Gasteiger partial charge on any atom is 0.451 e. The first kappa shape index (κ1) is 14.1. The summed E-state index contributed by atoms with van der Waals surface area (Å²) in [7, 11) is 0. The molecule has 0 saturated carbocycles. The Morgan fingerprint density at radius 2 is 1.95 bits per heavy atom. The molecule has 1 aliphatic rings. The van der Waals surface area contributed by atoms with E-state index in [9.17, 15) is 13.2 Å². The highest BCUT2D eigenvalue weighted by Gasteiger charge is 2.39. The molecule has 8 heteroatoms. The summed E-state index contributed by atoms with van der Waals surface area (Å²) in [4.78, 5) is 2.00. The Hall–Kier alpha value is -1.83. The molecular weight excluding hydrogens is 285 g/mol. The van der Waals surface area contributed by atoms with E-state index in [0.717, 1.165) is 22.5 Å². The molecule has 0 unspecified atom stereocenters. The van der Waals surface area contributed by atoms with Gasteiger partial charge in [0.05, 0.1) is 13.1 Å². The van der Waals surface area contributed by atoms with Crippen molar-refractivity contribution in [3.05, 3.63) is 35.3 Å². The van der Waals surface area contributed by atoms with Gasteiger partial charge in [0.25, 0.3) is 0 Å². The Labute approximate surface area is 119 Å². The van der Waals surface area contributed by atoms with Crippen molar-refractivity contribution in [2.75, 3.05) is 6.54 Å². The second-order valence-electron chi connectivity index (χ2n) is 5.02. The molecule has 0 fully saturated rings. The maximum absolute atomic E-state index is 12.7. The van der Waals surface area contributed by atoms with Gasteiger partial charge >= 0.3 is 6.18 Å². The summed E-state index contributed by atoms with van der Waals surface area (Å²) in [5, 5.41) is 6.92. The summed E-state index contributed by atoms with van der Waals surface area (Å²) >= 11 is 0. The molecule has 0 radical (unpaired) electrons. The second-order valence-corrected chi connectivity index (χ2v) is 5.02. The number of hydrogen-bond acceptors (Lipinski definition) is 4. The molecule has 0 amide bonds. The van der Waals surface area contributed by atoms with Crippen LogP contribution in [0.3, 0.4) is 0 Å². The number of aryl methyl sites for hydroxylation is 1. The molecule has 5 nitrogen and oxygen atoms in total. The quantitative estimate of drug-likeness (QED) is 0.873. The van der Waals surface area contributed by atoms with Crippen molar-refractivity contribution < 1.29 is 17.6 Å². The number of fused-ring (bicyclic) bond motifs is 1. The first-order valence-corrected chi connectivity index (χ1v) is 6.76. The zero-order valence-electron chi connectivity index (χ0n) is 11.5. The minimum absolute atomic E-state index is 0.235. The number of aromatic nitrogens is 3. The summed E-state index contributed by atoms with van der Waals surface area (Å²) in [5.74, 6) is 1.15. The smallest absolute Gasteiger partial charge is 0.451 e. The van der Waals surface area contributed by atoms with Crippen molar-refractivity contribution in [2.24, 2.45) is 0 Å². The van der Waals surface area contributed by atoms with Gasteiger partial charge < -0.3 is 8.98 Å². The molecule has 3 rings (SSSR count). The van der Waals surface area contributed by atoms with Crippen molar-refractivity contribution in [3.8, 4) is 0 Å². The highest BCUT2D eigenvalue weighted by atomic mass is 19.4. The highest BCUT2D eigenvalue weighted by molar-refractivity contribution is 5.08. The zero-order chi connectivity index (χ0) is 15.0. The Kier molecular flexibility index (Phi) is 3.48. The van der Waals surface area contributed by atoms with Gasteiger partial charge in [-0.15, -0.1) is 10.2 Å². The molecule has 0 N–H and O–H groups in total. The average Bonchev–Trinajstić information content (AvgIpc) is 3.03. The lowest BCUT2D eigenvalue weighted by molar-refractivity contribution is -0.148. The molecule has 0 atom stereocenters. The molecular formula is C13H15F3N4O. The Morgan fingerprint density at radius 1 is 1.19 bits per heavy atom. The largest absolute Gasteiger partial charge is 0.465 e. The van der Waals surface area contributed by atoms with E-state index >= 15 is 0 Å². The van der Waals surface area contributed by atoms with Gasteiger partial charge in [-0.1, -0.05) is 6.92 Å². The van der Waals surface area contributed by atoms with Crippen molar-refractivity contribution >= 4 is 0 Å². The lowest BCUT2D eigenvalue weighted by Crippen LogP contribution is -2.34. The summed E-state index contributed by atoms with van der Waals surface area (Å²) in [6, 6.07) is 3.82. The van der Waals surface area contributed by atoms with Gasteiger partial charge in [0.1, 0.15) is 17.3 Å². The Bertz CT molecular complexity index is 632. The number of nitrogens with zero attached hydrogens (tertiary/aromatic N) is 4. The first-order valence-electron chi connectivity index (χ1n) is 6.76. The predicted molar refractivity (Wildman–Crippen MR) is 67.2 cm³/mol. The third-order valence-electron chi connectivity index (χ3n) is 3.53. The molecule has 0 aromatic carbocycles. The van der Waals surface area contributed by atoms with Crippen LogP contribution in [0.2, 0.25) is 0 Å². The molecule has 114 valence electrons. The van der Waals surface area contributed by atoms with Crippen LogP contribution in [0.1, 0.15) is 30.1 Å². The number of hydrogen-bond donors (Lipinski definition) is 0. The van der Waals surface area contributed by atoms with E-state index in [0.29, 0.717) is 25.5 Å². The third kappa shape index (κ3) is 2.80. The van der Waals surface area contributed by atoms with Gasteiger partial charge in [-0.2, -0.15) is 13.2 Å². The first-order chi connectivity index (χ1) is 9.97. The van der Waals surface area contributed by atoms with E-state index in [2.05, 4.69) is 10.2 Å². The molecule has 2 aromatic rings.